The number of benzene rings is 1. The van der Waals surface area contributed by atoms with Crippen molar-refractivity contribution in [1.82, 2.24) is 0 Å². The molecular weight excluding hydrogens is 274 g/mol. The number of para-hydroxylation sites is 1. The average molecular weight is 285 g/mol. The van der Waals surface area contributed by atoms with Crippen LogP contribution in [0.5, 0.6) is 5.75 Å². The van der Waals surface area contributed by atoms with Crippen molar-refractivity contribution >= 4 is 34.2 Å². The van der Waals surface area contributed by atoms with Crippen LogP contribution in [0.3, 0.4) is 0 Å². The summed E-state index contributed by atoms with van der Waals surface area (Å²) in [6.07, 6.45) is 0. The minimum atomic E-state index is 0.212. The Labute approximate surface area is 85.8 Å². The van der Waals surface area contributed by atoms with Crippen LogP contribution in [0.25, 0.3) is 0 Å². The minimum Gasteiger partial charge on any atom is -0.478 e. The van der Waals surface area contributed by atoms with Crippen molar-refractivity contribution in [3.8, 4) is 5.75 Å². The topological polar surface area (TPSA) is 9.23 Å². The lowest BCUT2D eigenvalue weighted by atomic mass is 10.3. The molecule has 1 aromatic rings. The van der Waals surface area contributed by atoms with Gasteiger partial charge in [-0.05, 0) is 17.1 Å². The van der Waals surface area contributed by atoms with Gasteiger partial charge in [-0.2, -0.15) is 0 Å². The number of rotatable bonds is 2. The molecule has 0 bridgehead atoms. The van der Waals surface area contributed by atoms with Gasteiger partial charge in [-0.25, -0.2) is 0 Å². The molecule has 0 saturated carbocycles. The maximum absolute atomic E-state index is 5.31. The number of hydrogen-bond donors (Lipinski definition) is 0. The second-order valence-corrected chi connectivity index (χ2v) is 1.78. The largest absolute Gasteiger partial charge is 0.478 e. The van der Waals surface area contributed by atoms with Crippen LogP contribution in [0.2, 0.25) is 0 Å². The van der Waals surface area contributed by atoms with Gasteiger partial charge in [0, 0.05) is 0 Å². The van der Waals surface area contributed by atoms with E-state index in [2.05, 4.69) is 22.6 Å². The molecule has 0 aromatic heterocycles. The summed E-state index contributed by atoms with van der Waals surface area (Å²) in [5, 5.41) is 0. The summed E-state index contributed by atoms with van der Waals surface area (Å²) < 4.78 is 4.97. The van der Waals surface area contributed by atoms with Crippen molar-refractivity contribution in [1.29, 1.82) is 0 Å². The lowest BCUT2D eigenvalue weighted by Crippen LogP contribution is -1.86. The molecule has 0 N–H and O–H groups in total. The van der Waals surface area contributed by atoms with Crippen LogP contribution < -0.4 is 4.74 Å². The summed E-state index contributed by atoms with van der Waals surface area (Å²) >= 11 is 7.46. The zero-order chi connectivity index (χ0) is 8.53. The average Bonchev–Trinajstić information content (AvgIpc) is 2.11. The summed E-state index contributed by atoms with van der Waals surface area (Å²) in [4.78, 5) is 1.97. The van der Waals surface area contributed by atoms with E-state index in [1.807, 2.05) is 35.3 Å². The summed E-state index contributed by atoms with van der Waals surface area (Å²) in [5.41, 5.74) is 0. The predicted octanol–water partition coefficient (Wildman–Crippen LogP) is 3.31. The fourth-order valence-corrected chi connectivity index (χ4v) is 0.706. The third-order valence-corrected chi connectivity index (χ3v) is 1.07. The van der Waals surface area contributed by atoms with E-state index in [0.29, 0.717) is 0 Å². The molecule has 0 unspecified atom stereocenters. The van der Waals surface area contributed by atoms with E-state index in [1.54, 1.807) is 0 Å². The highest BCUT2D eigenvalue weighted by atomic mass is 127. The third kappa shape index (κ3) is 5.32. The normalized spacial score (nSPS) is 7.91. The van der Waals surface area contributed by atoms with Gasteiger partial charge in [-0.3, -0.25) is 0 Å². The van der Waals surface area contributed by atoms with Gasteiger partial charge in [0.2, 0.25) is 0 Å². The van der Waals surface area contributed by atoms with Crippen LogP contribution in [-0.2, 0) is 0 Å². The molecular formula is C8H10ClIO. The molecule has 0 radical (unpaired) electrons. The van der Waals surface area contributed by atoms with Crippen LogP contribution >= 0.6 is 34.2 Å². The van der Waals surface area contributed by atoms with Gasteiger partial charge in [0.05, 0.1) is 0 Å². The van der Waals surface area contributed by atoms with Crippen LogP contribution in [0.1, 0.15) is 0 Å². The van der Waals surface area contributed by atoms with Crippen molar-refractivity contribution in [2.75, 3.05) is 11.0 Å². The van der Waals surface area contributed by atoms with Gasteiger partial charge in [0.1, 0.15) is 5.75 Å². The molecule has 0 fully saturated rings. The highest BCUT2D eigenvalue weighted by molar-refractivity contribution is 14.1. The molecule has 62 valence electrons. The molecule has 0 aliphatic heterocycles. The standard InChI is InChI=1S/C7H7ClO.CH3I/c8-6-9-7-4-2-1-3-5-7;1-2/h1-5H,6H2;1H3. The lowest BCUT2D eigenvalue weighted by molar-refractivity contribution is 0.388. The van der Waals surface area contributed by atoms with Gasteiger partial charge >= 0.3 is 0 Å². The predicted molar refractivity (Wildman–Crippen MR) is 57.7 cm³/mol. The van der Waals surface area contributed by atoms with Crippen LogP contribution in [-0.4, -0.2) is 11.0 Å². The second kappa shape index (κ2) is 8.14. The highest BCUT2D eigenvalue weighted by Gasteiger charge is 1.84. The van der Waals surface area contributed by atoms with Crippen LogP contribution in [0.4, 0.5) is 0 Å². The molecule has 0 atom stereocenters. The second-order valence-electron chi connectivity index (χ2n) is 1.57. The van der Waals surface area contributed by atoms with Gasteiger partial charge in [-0.1, -0.05) is 52.4 Å². The lowest BCUT2D eigenvalue weighted by Gasteiger charge is -1.97. The first-order valence-corrected chi connectivity index (χ1v) is 5.74. The number of alkyl halides is 2. The molecule has 0 amide bonds. The Hall–Kier alpha value is 0.0400. The molecule has 11 heavy (non-hydrogen) atoms. The third-order valence-electron chi connectivity index (χ3n) is 0.964. The maximum atomic E-state index is 5.31. The fourth-order valence-electron chi connectivity index (χ4n) is 0.580. The summed E-state index contributed by atoms with van der Waals surface area (Å²) in [6, 6.07) is 9.68. The van der Waals surface area contributed by atoms with Crippen LogP contribution in [0.15, 0.2) is 30.3 Å². The number of hydrogen-bond acceptors (Lipinski definition) is 1. The molecule has 1 nitrogen and oxygen atoms in total. The Morgan fingerprint density at radius 2 is 1.82 bits per heavy atom. The van der Waals surface area contributed by atoms with E-state index in [4.69, 9.17) is 16.3 Å². The quantitative estimate of drug-likeness (QED) is 0.598. The first-order valence-electron chi connectivity index (χ1n) is 3.05. The molecule has 1 rings (SSSR count). The molecule has 0 saturated heterocycles. The van der Waals surface area contributed by atoms with Crippen molar-refractivity contribution in [3.05, 3.63) is 30.3 Å². The van der Waals surface area contributed by atoms with E-state index in [0.717, 1.165) is 5.75 Å². The van der Waals surface area contributed by atoms with Gasteiger partial charge in [0.15, 0.2) is 6.07 Å². The Morgan fingerprint density at radius 1 is 1.27 bits per heavy atom. The Balaban J connectivity index is 0.000000461. The summed E-state index contributed by atoms with van der Waals surface area (Å²) in [6.45, 7) is 0. The molecule has 0 spiro atoms. The van der Waals surface area contributed by atoms with Gasteiger partial charge in [0.25, 0.3) is 0 Å². The van der Waals surface area contributed by atoms with Crippen molar-refractivity contribution in [2.24, 2.45) is 0 Å². The van der Waals surface area contributed by atoms with E-state index in [-0.39, 0.29) is 6.07 Å². The molecule has 0 aliphatic rings. The summed E-state index contributed by atoms with van der Waals surface area (Å²) in [7, 11) is 0. The zero-order valence-electron chi connectivity index (χ0n) is 6.26. The Kier molecular flexibility index (Phi) is 8.17. The Morgan fingerprint density at radius 3 is 2.27 bits per heavy atom. The maximum Gasteiger partial charge on any atom is 0.162 e. The smallest absolute Gasteiger partial charge is 0.162 e. The van der Waals surface area contributed by atoms with Crippen molar-refractivity contribution in [2.45, 2.75) is 0 Å². The van der Waals surface area contributed by atoms with Crippen molar-refractivity contribution in [3.63, 3.8) is 0 Å². The van der Waals surface area contributed by atoms with E-state index in [9.17, 15) is 0 Å². The monoisotopic (exact) mass is 284 g/mol. The Bertz CT molecular complexity index is 167. The van der Waals surface area contributed by atoms with Gasteiger partial charge in [-0.15, -0.1) is 0 Å². The van der Waals surface area contributed by atoms with Crippen molar-refractivity contribution < 1.29 is 4.74 Å². The fraction of sp³-hybridized carbons (Fsp3) is 0.250. The highest BCUT2D eigenvalue weighted by Crippen LogP contribution is 2.07. The summed E-state index contributed by atoms with van der Waals surface area (Å²) in [5.74, 6) is 0.813. The minimum absolute atomic E-state index is 0.212. The van der Waals surface area contributed by atoms with Gasteiger partial charge < -0.3 is 4.74 Å². The number of ether oxygens (including phenoxy) is 1. The first-order chi connectivity index (χ1) is 5.43. The number of halogens is 2. The molecule has 3 heteroatoms. The molecule has 1 aromatic carbocycles. The van der Waals surface area contributed by atoms with Crippen LogP contribution in [0, 0.1) is 0 Å². The van der Waals surface area contributed by atoms with E-state index >= 15 is 0 Å². The molecule has 0 aliphatic carbocycles. The molecule has 0 heterocycles. The van der Waals surface area contributed by atoms with E-state index in [1.165, 1.54) is 0 Å². The SMILES string of the molecule is CI.ClCOc1ccccc1. The van der Waals surface area contributed by atoms with E-state index < -0.39 is 0 Å². The zero-order valence-corrected chi connectivity index (χ0v) is 9.17. The first kappa shape index (κ1) is 11.0.